The van der Waals surface area contributed by atoms with Crippen LogP contribution in [0.4, 0.5) is 5.69 Å². The Hall–Kier alpha value is -1.06. The van der Waals surface area contributed by atoms with E-state index in [4.69, 9.17) is 10.5 Å². The van der Waals surface area contributed by atoms with Crippen molar-refractivity contribution in [2.75, 3.05) is 31.1 Å². The van der Waals surface area contributed by atoms with Crippen LogP contribution in [0.2, 0.25) is 0 Å². The van der Waals surface area contributed by atoms with E-state index in [0.29, 0.717) is 12.5 Å². The van der Waals surface area contributed by atoms with Crippen LogP contribution in [0.3, 0.4) is 0 Å². The molecule has 0 bridgehead atoms. The summed E-state index contributed by atoms with van der Waals surface area (Å²) in [5, 5.41) is 0. The molecule has 0 spiro atoms. The first-order valence-electron chi connectivity index (χ1n) is 6.87. The highest BCUT2D eigenvalue weighted by molar-refractivity contribution is 5.48. The van der Waals surface area contributed by atoms with Crippen LogP contribution in [0.15, 0.2) is 24.3 Å². The predicted octanol–water partition coefficient (Wildman–Crippen LogP) is 2.36. The van der Waals surface area contributed by atoms with E-state index in [1.54, 1.807) is 0 Å². The maximum atomic E-state index is 5.71. The normalized spacial score (nSPS) is 20.4. The van der Waals surface area contributed by atoms with E-state index in [1.165, 1.54) is 11.3 Å². The Kier molecular flexibility index (Phi) is 4.61. The van der Waals surface area contributed by atoms with Gasteiger partial charge in [-0.2, -0.15) is 0 Å². The molecule has 1 saturated heterocycles. The minimum absolute atomic E-state index is 0.286. The highest BCUT2D eigenvalue weighted by Crippen LogP contribution is 2.22. The molecule has 0 aromatic heterocycles. The van der Waals surface area contributed by atoms with Crippen LogP contribution in [0.1, 0.15) is 31.7 Å². The molecule has 0 amide bonds. The predicted molar refractivity (Wildman–Crippen MR) is 76.2 cm³/mol. The Morgan fingerprint density at radius 3 is 2.67 bits per heavy atom. The highest BCUT2D eigenvalue weighted by atomic mass is 16.5. The molecule has 0 saturated carbocycles. The minimum Gasteiger partial charge on any atom is -0.374 e. The van der Waals surface area contributed by atoms with Gasteiger partial charge in [-0.25, -0.2) is 0 Å². The van der Waals surface area contributed by atoms with Gasteiger partial charge in [-0.1, -0.05) is 26.0 Å². The van der Waals surface area contributed by atoms with Crippen molar-refractivity contribution < 1.29 is 4.74 Å². The zero-order chi connectivity index (χ0) is 13.0. The van der Waals surface area contributed by atoms with Gasteiger partial charge in [0.2, 0.25) is 0 Å². The van der Waals surface area contributed by atoms with Gasteiger partial charge in [0.05, 0.1) is 12.7 Å². The number of rotatable bonds is 4. The maximum absolute atomic E-state index is 5.71. The second-order valence-corrected chi connectivity index (χ2v) is 5.26. The average molecular weight is 248 g/mol. The molecule has 1 atom stereocenters. The van der Waals surface area contributed by atoms with E-state index < -0.39 is 0 Å². The summed E-state index contributed by atoms with van der Waals surface area (Å²) in [6.45, 7) is 7.88. The van der Waals surface area contributed by atoms with E-state index in [0.717, 1.165) is 26.1 Å². The first kappa shape index (κ1) is 13.4. The number of ether oxygens (including phenoxy) is 1. The van der Waals surface area contributed by atoms with Crippen molar-refractivity contribution in [2.24, 2.45) is 5.73 Å². The van der Waals surface area contributed by atoms with Gasteiger partial charge in [-0.05, 0) is 36.6 Å². The molecule has 2 N–H and O–H groups in total. The zero-order valence-corrected chi connectivity index (χ0v) is 11.4. The third kappa shape index (κ3) is 3.24. The van der Waals surface area contributed by atoms with Crippen molar-refractivity contribution in [3.8, 4) is 0 Å². The molecule has 100 valence electrons. The monoisotopic (exact) mass is 248 g/mol. The number of nitrogens with two attached hydrogens (primary N) is 1. The summed E-state index contributed by atoms with van der Waals surface area (Å²) >= 11 is 0. The van der Waals surface area contributed by atoms with Gasteiger partial charge < -0.3 is 15.4 Å². The number of nitrogens with zero attached hydrogens (tertiary/aromatic N) is 1. The molecule has 1 aliphatic heterocycles. The third-order valence-electron chi connectivity index (χ3n) is 3.55. The van der Waals surface area contributed by atoms with Gasteiger partial charge in [0.25, 0.3) is 0 Å². The summed E-state index contributed by atoms with van der Waals surface area (Å²) < 4.78 is 5.71. The van der Waals surface area contributed by atoms with E-state index in [1.807, 2.05) is 0 Å². The quantitative estimate of drug-likeness (QED) is 0.889. The van der Waals surface area contributed by atoms with Gasteiger partial charge in [0, 0.05) is 18.8 Å². The van der Waals surface area contributed by atoms with Crippen LogP contribution in [0.5, 0.6) is 0 Å². The Morgan fingerprint density at radius 1 is 1.33 bits per heavy atom. The molecule has 18 heavy (non-hydrogen) atoms. The molecular formula is C15H24N2O. The molecule has 1 aromatic rings. The fraction of sp³-hybridized carbons (Fsp3) is 0.600. The number of benzene rings is 1. The Bertz CT molecular complexity index is 359. The SMILES string of the molecule is CC(C)c1ccc(N2CCOC(CCN)C2)cc1. The summed E-state index contributed by atoms with van der Waals surface area (Å²) in [5.74, 6) is 0.591. The Labute approximate surface area is 110 Å². The first-order chi connectivity index (χ1) is 8.70. The summed E-state index contributed by atoms with van der Waals surface area (Å²) in [6, 6.07) is 8.90. The minimum atomic E-state index is 0.286. The van der Waals surface area contributed by atoms with Gasteiger partial charge in [0.15, 0.2) is 0 Å². The second-order valence-electron chi connectivity index (χ2n) is 5.26. The molecule has 1 aromatic carbocycles. The molecule has 0 radical (unpaired) electrons. The number of morpholine rings is 1. The number of hydrogen-bond acceptors (Lipinski definition) is 3. The van der Waals surface area contributed by atoms with Crippen molar-refractivity contribution in [1.82, 2.24) is 0 Å². The van der Waals surface area contributed by atoms with Crippen molar-refractivity contribution in [3.63, 3.8) is 0 Å². The van der Waals surface area contributed by atoms with E-state index in [9.17, 15) is 0 Å². The van der Waals surface area contributed by atoms with Gasteiger partial charge >= 0.3 is 0 Å². The number of hydrogen-bond donors (Lipinski definition) is 1. The van der Waals surface area contributed by atoms with Crippen LogP contribution < -0.4 is 10.6 Å². The van der Waals surface area contributed by atoms with Gasteiger partial charge in [0.1, 0.15) is 0 Å². The summed E-state index contributed by atoms with van der Waals surface area (Å²) in [5.41, 5.74) is 8.29. The average Bonchev–Trinajstić information content (AvgIpc) is 2.39. The summed E-state index contributed by atoms with van der Waals surface area (Å²) in [4.78, 5) is 2.40. The zero-order valence-electron chi connectivity index (χ0n) is 11.4. The topological polar surface area (TPSA) is 38.5 Å². The summed E-state index contributed by atoms with van der Waals surface area (Å²) in [7, 11) is 0. The van der Waals surface area contributed by atoms with Crippen LogP contribution in [-0.4, -0.2) is 32.3 Å². The first-order valence-corrected chi connectivity index (χ1v) is 6.87. The second kappa shape index (κ2) is 6.21. The molecule has 2 rings (SSSR count). The highest BCUT2D eigenvalue weighted by Gasteiger charge is 2.19. The van der Waals surface area contributed by atoms with Crippen molar-refractivity contribution in [3.05, 3.63) is 29.8 Å². The third-order valence-corrected chi connectivity index (χ3v) is 3.55. The van der Waals surface area contributed by atoms with Crippen molar-refractivity contribution >= 4 is 5.69 Å². The molecule has 1 fully saturated rings. The molecule has 3 heteroatoms. The molecule has 3 nitrogen and oxygen atoms in total. The lowest BCUT2D eigenvalue weighted by Gasteiger charge is -2.34. The van der Waals surface area contributed by atoms with Crippen LogP contribution in [0, 0.1) is 0 Å². The fourth-order valence-corrected chi connectivity index (χ4v) is 2.38. The lowest BCUT2D eigenvalue weighted by molar-refractivity contribution is 0.0369. The lowest BCUT2D eigenvalue weighted by atomic mass is 10.0. The Morgan fingerprint density at radius 2 is 2.06 bits per heavy atom. The Balaban J connectivity index is 2.02. The van der Waals surface area contributed by atoms with Gasteiger partial charge in [-0.3, -0.25) is 0 Å². The van der Waals surface area contributed by atoms with Crippen molar-refractivity contribution in [2.45, 2.75) is 32.3 Å². The molecule has 1 aliphatic rings. The molecule has 1 heterocycles. The molecular weight excluding hydrogens is 224 g/mol. The number of anilines is 1. The van der Waals surface area contributed by atoms with E-state index in [-0.39, 0.29) is 6.10 Å². The van der Waals surface area contributed by atoms with E-state index in [2.05, 4.69) is 43.0 Å². The van der Waals surface area contributed by atoms with Crippen LogP contribution in [-0.2, 0) is 4.74 Å². The van der Waals surface area contributed by atoms with Crippen molar-refractivity contribution in [1.29, 1.82) is 0 Å². The fourth-order valence-electron chi connectivity index (χ4n) is 2.38. The van der Waals surface area contributed by atoms with E-state index >= 15 is 0 Å². The summed E-state index contributed by atoms with van der Waals surface area (Å²) in [6.07, 6.45) is 1.23. The largest absolute Gasteiger partial charge is 0.374 e. The standard InChI is InChI=1S/C15H24N2O/c1-12(2)13-3-5-14(6-4-13)17-9-10-18-15(11-17)7-8-16/h3-6,12,15H,7-11,16H2,1-2H3. The maximum Gasteiger partial charge on any atom is 0.0762 e. The van der Waals surface area contributed by atoms with Crippen LogP contribution >= 0.6 is 0 Å². The van der Waals surface area contributed by atoms with Crippen LogP contribution in [0.25, 0.3) is 0 Å². The van der Waals surface area contributed by atoms with Gasteiger partial charge in [-0.15, -0.1) is 0 Å². The lowest BCUT2D eigenvalue weighted by Crippen LogP contribution is -2.43. The molecule has 1 unspecified atom stereocenters. The smallest absolute Gasteiger partial charge is 0.0762 e. The molecule has 0 aliphatic carbocycles.